The van der Waals surface area contributed by atoms with E-state index >= 15 is 0 Å². The fourth-order valence-corrected chi connectivity index (χ4v) is 2.39. The monoisotopic (exact) mass is 250 g/mol. The summed E-state index contributed by atoms with van der Waals surface area (Å²) < 4.78 is 0. The molecule has 92 valence electrons. The lowest BCUT2D eigenvalue weighted by Gasteiger charge is -2.22. The molecule has 0 radical (unpaired) electrons. The third kappa shape index (κ3) is 3.48. The number of carbonyl (C=O) groups excluding carboxylic acids is 1. The number of anilines is 1. The van der Waals surface area contributed by atoms with Crippen molar-refractivity contribution in [3.63, 3.8) is 0 Å². The fourth-order valence-electron chi connectivity index (χ4n) is 1.98. The Kier molecular flexibility index (Phi) is 4.45. The molecule has 1 aromatic carbocycles. The molecule has 0 aliphatic carbocycles. The molecule has 1 aliphatic rings. The molecule has 1 fully saturated rings. The van der Waals surface area contributed by atoms with Gasteiger partial charge in [-0.15, -0.1) is 11.8 Å². The summed E-state index contributed by atoms with van der Waals surface area (Å²) in [6.45, 7) is 0.948. The van der Waals surface area contributed by atoms with Gasteiger partial charge in [0.1, 0.15) is 0 Å². The van der Waals surface area contributed by atoms with Crippen molar-refractivity contribution in [1.29, 1.82) is 0 Å². The van der Waals surface area contributed by atoms with Gasteiger partial charge >= 0.3 is 0 Å². The molecule has 1 atom stereocenters. The first-order chi connectivity index (χ1) is 8.29. The van der Waals surface area contributed by atoms with Crippen molar-refractivity contribution in [1.82, 2.24) is 5.32 Å². The minimum atomic E-state index is -0.0241. The van der Waals surface area contributed by atoms with E-state index in [1.54, 1.807) is 11.8 Å². The fraction of sp³-hybridized carbons (Fsp3) is 0.462. The van der Waals surface area contributed by atoms with Crippen LogP contribution in [0.2, 0.25) is 0 Å². The highest BCUT2D eigenvalue weighted by atomic mass is 32.2. The number of rotatable bonds is 3. The molecule has 0 aromatic heterocycles. The van der Waals surface area contributed by atoms with Crippen LogP contribution in [0.25, 0.3) is 0 Å². The van der Waals surface area contributed by atoms with Gasteiger partial charge in [-0.1, -0.05) is 6.42 Å². The zero-order valence-corrected chi connectivity index (χ0v) is 10.8. The number of amides is 1. The van der Waals surface area contributed by atoms with Gasteiger partial charge in [0.05, 0.1) is 6.04 Å². The largest absolute Gasteiger partial charge is 0.325 e. The summed E-state index contributed by atoms with van der Waals surface area (Å²) in [5, 5.41) is 6.20. The molecular formula is C13H18N2OS. The van der Waals surface area contributed by atoms with E-state index in [0.717, 1.165) is 25.1 Å². The summed E-state index contributed by atoms with van der Waals surface area (Å²) in [6, 6.07) is 7.92. The molecule has 2 rings (SSSR count). The summed E-state index contributed by atoms with van der Waals surface area (Å²) in [5.74, 6) is 0.0848. The van der Waals surface area contributed by atoms with E-state index in [1.165, 1.54) is 11.3 Å². The molecule has 1 aromatic rings. The van der Waals surface area contributed by atoms with E-state index in [1.807, 2.05) is 30.5 Å². The van der Waals surface area contributed by atoms with E-state index in [4.69, 9.17) is 0 Å². The average molecular weight is 250 g/mol. The van der Waals surface area contributed by atoms with Crippen LogP contribution >= 0.6 is 11.8 Å². The van der Waals surface area contributed by atoms with Crippen LogP contribution in [0.1, 0.15) is 19.3 Å². The Balaban J connectivity index is 1.92. The Hall–Kier alpha value is -1.00. The molecule has 0 spiro atoms. The molecule has 1 aliphatic heterocycles. The molecule has 3 nitrogen and oxygen atoms in total. The van der Waals surface area contributed by atoms with Crippen molar-refractivity contribution < 1.29 is 4.79 Å². The predicted octanol–water partition coefficient (Wildman–Crippen LogP) is 2.49. The average Bonchev–Trinajstić information content (AvgIpc) is 2.40. The van der Waals surface area contributed by atoms with Crippen molar-refractivity contribution >= 4 is 23.4 Å². The second kappa shape index (κ2) is 6.07. The summed E-state index contributed by atoms with van der Waals surface area (Å²) in [7, 11) is 0. The van der Waals surface area contributed by atoms with Gasteiger partial charge in [-0.3, -0.25) is 4.79 Å². The first kappa shape index (κ1) is 12.5. The number of piperidine rings is 1. The molecular weight excluding hydrogens is 232 g/mol. The molecule has 1 amide bonds. The van der Waals surface area contributed by atoms with Crippen LogP contribution in [0.3, 0.4) is 0 Å². The zero-order chi connectivity index (χ0) is 12.1. The highest BCUT2D eigenvalue weighted by Crippen LogP contribution is 2.18. The maximum absolute atomic E-state index is 11.9. The lowest BCUT2D eigenvalue weighted by atomic mass is 10.0. The lowest BCUT2D eigenvalue weighted by molar-refractivity contribution is -0.118. The van der Waals surface area contributed by atoms with Gasteiger partial charge in [0.25, 0.3) is 0 Å². The molecule has 0 unspecified atom stereocenters. The topological polar surface area (TPSA) is 41.1 Å². The molecule has 0 saturated carbocycles. The van der Waals surface area contributed by atoms with Crippen molar-refractivity contribution in [2.24, 2.45) is 0 Å². The third-order valence-corrected chi connectivity index (χ3v) is 3.73. The zero-order valence-electron chi connectivity index (χ0n) is 10.0. The van der Waals surface area contributed by atoms with Gasteiger partial charge in [-0.05, 0) is 49.9 Å². The van der Waals surface area contributed by atoms with Crippen LogP contribution in [-0.2, 0) is 4.79 Å². The molecule has 1 heterocycles. The maximum atomic E-state index is 11.9. The van der Waals surface area contributed by atoms with Gasteiger partial charge in [-0.2, -0.15) is 0 Å². The minimum Gasteiger partial charge on any atom is -0.325 e. The third-order valence-electron chi connectivity index (χ3n) is 2.98. The summed E-state index contributed by atoms with van der Waals surface area (Å²) >= 11 is 1.70. The number of benzene rings is 1. The van der Waals surface area contributed by atoms with Gasteiger partial charge in [0.2, 0.25) is 5.91 Å². The van der Waals surface area contributed by atoms with Crippen molar-refractivity contribution in [3.8, 4) is 0 Å². The number of nitrogens with one attached hydrogen (secondary N) is 2. The predicted molar refractivity (Wildman–Crippen MR) is 72.5 cm³/mol. The first-order valence-electron chi connectivity index (χ1n) is 5.98. The molecule has 17 heavy (non-hydrogen) atoms. The van der Waals surface area contributed by atoms with Crippen LogP contribution in [0, 0.1) is 0 Å². The smallest absolute Gasteiger partial charge is 0.241 e. The number of thioether (sulfide) groups is 1. The number of carbonyl (C=O) groups is 1. The second-order valence-electron chi connectivity index (χ2n) is 4.22. The maximum Gasteiger partial charge on any atom is 0.241 e. The Morgan fingerprint density at radius 3 is 2.71 bits per heavy atom. The lowest BCUT2D eigenvalue weighted by Crippen LogP contribution is -2.43. The van der Waals surface area contributed by atoms with Gasteiger partial charge in [0, 0.05) is 10.6 Å². The quantitative estimate of drug-likeness (QED) is 0.810. The van der Waals surface area contributed by atoms with E-state index in [0.29, 0.717) is 0 Å². The van der Waals surface area contributed by atoms with Crippen LogP contribution < -0.4 is 10.6 Å². The Morgan fingerprint density at radius 1 is 1.35 bits per heavy atom. The van der Waals surface area contributed by atoms with Crippen molar-refractivity contribution in [3.05, 3.63) is 24.3 Å². The Morgan fingerprint density at radius 2 is 2.12 bits per heavy atom. The molecule has 4 heteroatoms. The summed E-state index contributed by atoms with van der Waals surface area (Å²) in [4.78, 5) is 13.2. The summed E-state index contributed by atoms with van der Waals surface area (Å²) in [6.07, 6.45) is 5.29. The van der Waals surface area contributed by atoms with Gasteiger partial charge in [-0.25, -0.2) is 0 Å². The highest BCUT2D eigenvalue weighted by Gasteiger charge is 2.20. The minimum absolute atomic E-state index is 0.0241. The highest BCUT2D eigenvalue weighted by molar-refractivity contribution is 7.98. The normalized spacial score (nSPS) is 19.9. The second-order valence-corrected chi connectivity index (χ2v) is 5.10. The van der Waals surface area contributed by atoms with E-state index in [9.17, 15) is 4.79 Å². The van der Waals surface area contributed by atoms with Crippen LogP contribution in [0.5, 0.6) is 0 Å². The SMILES string of the molecule is CSc1ccc(NC(=O)[C@H]2CCCCN2)cc1. The molecule has 0 bridgehead atoms. The van der Waals surface area contributed by atoms with E-state index < -0.39 is 0 Å². The van der Waals surface area contributed by atoms with Crippen LogP contribution in [0.4, 0.5) is 5.69 Å². The van der Waals surface area contributed by atoms with Gasteiger partial charge in [0.15, 0.2) is 0 Å². The van der Waals surface area contributed by atoms with E-state index in [2.05, 4.69) is 10.6 Å². The number of hydrogen-bond donors (Lipinski definition) is 2. The van der Waals surface area contributed by atoms with Crippen LogP contribution in [0.15, 0.2) is 29.2 Å². The summed E-state index contributed by atoms with van der Waals surface area (Å²) in [5.41, 5.74) is 0.875. The molecule has 2 N–H and O–H groups in total. The molecule has 1 saturated heterocycles. The first-order valence-corrected chi connectivity index (χ1v) is 7.20. The standard InChI is InChI=1S/C13H18N2OS/c1-17-11-7-5-10(6-8-11)15-13(16)12-4-2-3-9-14-12/h5-8,12,14H,2-4,9H2,1H3,(H,15,16)/t12-/m1/s1. The van der Waals surface area contributed by atoms with E-state index in [-0.39, 0.29) is 11.9 Å². The van der Waals surface area contributed by atoms with Gasteiger partial charge < -0.3 is 10.6 Å². The Bertz CT molecular complexity index is 372. The Labute approximate surface area is 106 Å². The van der Waals surface area contributed by atoms with Crippen LogP contribution in [-0.4, -0.2) is 24.7 Å². The number of hydrogen-bond acceptors (Lipinski definition) is 3. The van der Waals surface area contributed by atoms with Crippen molar-refractivity contribution in [2.75, 3.05) is 18.1 Å². The van der Waals surface area contributed by atoms with Crippen molar-refractivity contribution in [2.45, 2.75) is 30.2 Å².